The zero-order valence-electron chi connectivity index (χ0n) is 13.5. The van der Waals surface area contributed by atoms with Crippen LogP contribution in [0, 0.1) is 0 Å². The summed E-state index contributed by atoms with van der Waals surface area (Å²) >= 11 is 0. The quantitative estimate of drug-likeness (QED) is 0.776. The first kappa shape index (κ1) is 16.6. The third-order valence-electron chi connectivity index (χ3n) is 3.02. The Morgan fingerprint density at radius 1 is 1.13 bits per heavy atom. The van der Waals surface area contributed by atoms with Crippen molar-refractivity contribution in [1.29, 1.82) is 0 Å². The van der Waals surface area contributed by atoms with Gasteiger partial charge in [-0.2, -0.15) is 0 Å². The third-order valence-corrected chi connectivity index (χ3v) is 3.02. The maximum atomic E-state index is 12.4. The summed E-state index contributed by atoms with van der Waals surface area (Å²) in [6.07, 6.45) is 0. The summed E-state index contributed by atoms with van der Waals surface area (Å²) in [5, 5.41) is 2.87. The molecule has 0 saturated carbocycles. The predicted molar refractivity (Wildman–Crippen MR) is 92.3 cm³/mol. The van der Waals surface area contributed by atoms with Crippen LogP contribution in [0.2, 0.25) is 0 Å². The lowest BCUT2D eigenvalue weighted by molar-refractivity contribution is 0.102. The molecule has 0 saturated heterocycles. The molecule has 4 nitrogen and oxygen atoms in total. The van der Waals surface area contributed by atoms with Gasteiger partial charge in [0, 0.05) is 5.56 Å². The number of carbonyl (C=O) groups is 1. The molecular weight excluding hydrogens is 290 g/mol. The number of rotatable bonds is 7. The number of nitrogens with one attached hydrogen (secondary N) is 1. The molecule has 0 radical (unpaired) electrons. The Bertz CT molecular complexity index is 695. The molecule has 120 valence electrons. The molecule has 0 aliphatic heterocycles. The van der Waals surface area contributed by atoms with Gasteiger partial charge in [0.25, 0.3) is 5.91 Å². The van der Waals surface area contributed by atoms with Crippen molar-refractivity contribution in [2.24, 2.45) is 0 Å². The molecule has 23 heavy (non-hydrogen) atoms. The van der Waals surface area contributed by atoms with E-state index in [1.807, 2.05) is 44.2 Å². The molecule has 2 aromatic rings. The van der Waals surface area contributed by atoms with Crippen molar-refractivity contribution in [1.82, 2.24) is 0 Å². The number of amides is 1. The van der Waals surface area contributed by atoms with E-state index in [1.165, 1.54) is 0 Å². The van der Waals surface area contributed by atoms with E-state index in [-0.39, 0.29) is 5.91 Å². The van der Waals surface area contributed by atoms with Crippen molar-refractivity contribution in [2.75, 3.05) is 18.5 Å². The summed E-state index contributed by atoms with van der Waals surface area (Å²) in [7, 11) is 0. The Hall–Kier alpha value is -2.75. The Morgan fingerprint density at radius 2 is 1.91 bits per heavy atom. The molecule has 0 aliphatic carbocycles. The number of hydrogen-bond donors (Lipinski definition) is 1. The SMILES string of the molecule is C=C(C)COc1cccc(C(=O)Nc2ccccc2OCC)c1. The number of hydrogen-bond acceptors (Lipinski definition) is 3. The molecule has 0 atom stereocenters. The molecule has 0 bridgehead atoms. The summed E-state index contributed by atoms with van der Waals surface area (Å²) in [4.78, 5) is 12.4. The highest BCUT2D eigenvalue weighted by atomic mass is 16.5. The van der Waals surface area contributed by atoms with Crippen LogP contribution >= 0.6 is 0 Å². The molecular formula is C19H21NO3. The summed E-state index contributed by atoms with van der Waals surface area (Å²) in [5.74, 6) is 1.08. The molecule has 2 rings (SSSR count). The van der Waals surface area contributed by atoms with E-state index in [0.717, 1.165) is 5.57 Å². The van der Waals surface area contributed by atoms with E-state index >= 15 is 0 Å². The van der Waals surface area contributed by atoms with Crippen LogP contribution in [-0.4, -0.2) is 19.1 Å². The van der Waals surface area contributed by atoms with Gasteiger partial charge in [0.15, 0.2) is 0 Å². The molecule has 1 amide bonds. The Kier molecular flexibility index (Phi) is 5.80. The van der Waals surface area contributed by atoms with Gasteiger partial charge >= 0.3 is 0 Å². The van der Waals surface area contributed by atoms with Crippen molar-refractivity contribution < 1.29 is 14.3 Å². The first-order valence-corrected chi connectivity index (χ1v) is 7.50. The Balaban J connectivity index is 2.12. The highest BCUT2D eigenvalue weighted by Gasteiger charge is 2.10. The van der Waals surface area contributed by atoms with Crippen LogP contribution in [0.25, 0.3) is 0 Å². The van der Waals surface area contributed by atoms with Crippen LogP contribution < -0.4 is 14.8 Å². The van der Waals surface area contributed by atoms with Gasteiger partial charge in [-0.25, -0.2) is 0 Å². The van der Waals surface area contributed by atoms with E-state index in [1.54, 1.807) is 18.2 Å². The van der Waals surface area contributed by atoms with Crippen LogP contribution in [0.5, 0.6) is 11.5 Å². The molecule has 0 fully saturated rings. The van der Waals surface area contributed by atoms with E-state index in [2.05, 4.69) is 11.9 Å². The predicted octanol–water partition coefficient (Wildman–Crippen LogP) is 4.29. The molecule has 4 heteroatoms. The topological polar surface area (TPSA) is 47.6 Å². The smallest absolute Gasteiger partial charge is 0.255 e. The van der Waals surface area contributed by atoms with Crippen LogP contribution in [0.4, 0.5) is 5.69 Å². The second kappa shape index (κ2) is 8.03. The first-order chi connectivity index (χ1) is 11.1. The van der Waals surface area contributed by atoms with Crippen LogP contribution in [0.15, 0.2) is 60.7 Å². The second-order valence-corrected chi connectivity index (χ2v) is 5.16. The van der Waals surface area contributed by atoms with E-state index < -0.39 is 0 Å². The highest BCUT2D eigenvalue weighted by Crippen LogP contribution is 2.24. The minimum atomic E-state index is -0.210. The number of ether oxygens (including phenoxy) is 2. The summed E-state index contributed by atoms with van der Waals surface area (Å²) in [6.45, 7) is 8.55. The van der Waals surface area contributed by atoms with Crippen LogP contribution in [0.1, 0.15) is 24.2 Å². The lowest BCUT2D eigenvalue weighted by atomic mass is 10.2. The molecule has 0 spiro atoms. The fraction of sp³-hybridized carbons (Fsp3) is 0.211. The number of benzene rings is 2. The van der Waals surface area contributed by atoms with E-state index in [4.69, 9.17) is 9.47 Å². The van der Waals surface area contributed by atoms with Gasteiger partial charge in [0.05, 0.1) is 12.3 Å². The van der Waals surface area contributed by atoms with Crippen LogP contribution in [-0.2, 0) is 0 Å². The lowest BCUT2D eigenvalue weighted by Crippen LogP contribution is -2.13. The van der Waals surface area contributed by atoms with Gasteiger partial charge in [-0.3, -0.25) is 4.79 Å². The molecule has 0 aliphatic rings. The number of anilines is 1. The zero-order valence-corrected chi connectivity index (χ0v) is 13.5. The molecule has 0 aromatic heterocycles. The Morgan fingerprint density at radius 3 is 2.65 bits per heavy atom. The average molecular weight is 311 g/mol. The van der Waals surface area contributed by atoms with Gasteiger partial charge < -0.3 is 14.8 Å². The molecule has 1 N–H and O–H groups in total. The van der Waals surface area contributed by atoms with Gasteiger partial charge in [-0.05, 0) is 49.8 Å². The monoisotopic (exact) mass is 311 g/mol. The van der Waals surface area contributed by atoms with E-state index in [9.17, 15) is 4.79 Å². The van der Waals surface area contributed by atoms with Gasteiger partial charge in [0.2, 0.25) is 0 Å². The zero-order chi connectivity index (χ0) is 16.7. The normalized spacial score (nSPS) is 10.0. The maximum absolute atomic E-state index is 12.4. The van der Waals surface area contributed by atoms with Gasteiger partial charge in [-0.1, -0.05) is 24.8 Å². The second-order valence-electron chi connectivity index (χ2n) is 5.16. The minimum absolute atomic E-state index is 0.210. The largest absolute Gasteiger partial charge is 0.492 e. The van der Waals surface area contributed by atoms with Crippen molar-refractivity contribution in [3.05, 3.63) is 66.2 Å². The average Bonchev–Trinajstić information content (AvgIpc) is 2.55. The molecule has 0 heterocycles. The van der Waals surface area contributed by atoms with Crippen molar-refractivity contribution >= 4 is 11.6 Å². The fourth-order valence-electron chi connectivity index (χ4n) is 1.98. The van der Waals surface area contributed by atoms with Gasteiger partial charge in [0.1, 0.15) is 18.1 Å². The first-order valence-electron chi connectivity index (χ1n) is 7.50. The minimum Gasteiger partial charge on any atom is -0.492 e. The van der Waals surface area contributed by atoms with Crippen molar-refractivity contribution in [2.45, 2.75) is 13.8 Å². The third kappa shape index (κ3) is 4.88. The molecule has 0 unspecified atom stereocenters. The van der Waals surface area contributed by atoms with Gasteiger partial charge in [-0.15, -0.1) is 0 Å². The van der Waals surface area contributed by atoms with Crippen molar-refractivity contribution in [3.8, 4) is 11.5 Å². The number of carbonyl (C=O) groups excluding carboxylic acids is 1. The highest BCUT2D eigenvalue weighted by molar-refractivity contribution is 6.05. The lowest BCUT2D eigenvalue weighted by Gasteiger charge is -2.12. The molecule has 2 aromatic carbocycles. The van der Waals surface area contributed by atoms with Crippen LogP contribution in [0.3, 0.4) is 0 Å². The fourth-order valence-corrected chi connectivity index (χ4v) is 1.98. The number of para-hydroxylation sites is 2. The Labute approximate surface area is 136 Å². The van der Waals surface area contributed by atoms with E-state index in [0.29, 0.717) is 36.0 Å². The summed E-state index contributed by atoms with van der Waals surface area (Å²) < 4.78 is 11.1. The standard InChI is InChI=1S/C19H21NO3/c1-4-22-18-11-6-5-10-17(18)20-19(21)15-8-7-9-16(12-15)23-13-14(2)3/h5-12H,2,4,13H2,1,3H3,(H,20,21). The summed E-state index contributed by atoms with van der Waals surface area (Å²) in [5.41, 5.74) is 2.09. The van der Waals surface area contributed by atoms with Crippen molar-refractivity contribution in [3.63, 3.8) is 0 Å². The maximum Gasteiger partial charge on any atom is 0.255 e. The summed E-state index contributed by atoms with van der Waals surface area (Å²) in [6, 6.07) is 14.4.